The highest BCUT2D eigenvalue weighted by Gasteiger charge is 2.52. The Morgan fingerprint density at radius 2 is 1.62 bits per heavy atom. The monoisotopic (exact) mass is 461 g/mol. The van der Waals surface area contributed by atoms with Crippen molar-refractivity contribution in [2.75, 3.05) is 13.2 Å². The van der Waals surface area contributed by atoms with Crippen molar-refractivity contribution >= 4 is 11.9 Å². The first kappa shape index (κ1) is 22.9. The average molecular weight is 462 g/mol. The van der Waals surface area contributed by atoms with Gasteiger partial charge in [0.2, 0.25) is 0 Å². The molecule has 2 N–H and O–H groups in total. The second-order valence-corrected chi connectivity index (χ2v) is 10.5. The summed E-state index contributed by atoms with van der Waals surface area (Å²) in [5, 5.41) is 11.5. The summed E-state index contributed by atoms with van der Waals surface area (Å²) in [5.74, 6) is 1.92. The van der Waals surface area contributed by atoms with Crippen molar-refractivity contribution in [3.05, 3.63) is 65.2 Å². The van der Waals surface area contributed by atoms with Crippen LogP contribution in [0.2, 0.25) is 0 Å². The molecule has 5 nitrogen and oxygen atoms in total. The smallest absolute Gasteiger partial charge is 0.305 e. The third-order valence-electron chi connectivity index (χ3n) is 8.47. The molecule has 3 saturated carbocycles. The van der Waals surface area contributed by atoms with Crippen LogP contribution in [0.25, 0.3) is 0 Å². The van der Waals surface area contributed by atoms with Crippen molar-refractivity contribution in [1.29, 1.82) is 0 Å². The number of carboxylic acid groups (broad SMARTS) is 1. The van der Waals surface area contributed by atoms with E-state index in [-0.39, 0.29) is 24.3 Å². The lowest BCUT2D eigenvalue weighted by Crippen LogP contribution is -2.34. The molecule has 0 spiro atoms. The topological polar surface area (TPSA) is 75.6 Å². The number of hydrogen-bond donors (Lipinski definition) is 2. The molecule has 3 aliphatic rings. The third kappa shape index (κ3) is 4.57. The number of nitrogens with one attached hydrogen (secondary N) is 1. The highest BCUT2D eigenvalue weighted by atomic mass is 16.5. The van der Waals surface area contributed by atoms with E-state index < -0.39 is 5.97 Å². The van der Waals surface area contributed by atoms with Crippen LogP contribution in [0, 0.1) is 17.8 Å². The van der Waals surface area contributed by atoms with Crippen LogP contribution in [-0.2, 0) is 10.2 Å². The van der Waals surface area contributed by atoms with Crippen LogP contribution in [0.5, 0.6) is 5.75 Å². The van der Waals surface area contributed by atoms with E-state index in [4.69, 9.17) is 9.84 Å². The van der Waals surface area contributed by atoms with Crippen molar-refractivity contribution in [2.45, 2.75) is 63.2 Å². The van der Waals surface area contributed by atoms with E-state index in [2.05, 4.69) is 41.7 Å². The van der Waals surface area contributed by atoms with Gasteiger partial charge < -0.3 is 15.2 Å². The summed E-state index contributed by atoms with van der Waals surface area (Å²) >= 11 is 0. The number of amides is 1. The van der Waals surface area contributed by atoms with Crippen LogP contribution in [0.4, 0.5) is 0 Å². The van der Waals surface area contributed by atoms with Crippen LogP contribution < -0.4 is 10.1 Å². The van der Waals surface area contributed by atoms with Gasteiger partial charge in [-0.1, -0.05) is 43.5 Å². The quantitative estimate of drug-likeness (QED) is 0.512. The fraction of sp³-hybridized carbons (Fsp3) is 0.517. The Kier molecular flexibility index (Phi) is 6.62. The minimum Gasteiger partial charge on any atom is -0.493 e. The zero-order chi connectivity index (χ0) is 23.5. The molecule has 0 aromatic heterocycles. The highest BCUT2D eigenvalue weighted by Crippen LogP contribution is 2.60. The van der Waals surface area contributed by atoms with Gasteiger partial charge in [-0.25, -0.2) is 0 Å². The van der Waals surface area contributed by atoms with E-state index in [1.807, 2.05) is 12.1 Å². The van der Waals surface area contributed by atoms with Crippen LogP contribution >= 0.6 is 0 Å². The number of ether oxygens (including phenoxy) is 1. The fourth-order valence-corrected chi connectivity index (χ4v) is 6.75. The molecule has 180 valence electrons. The Balaban J connectivity index is 1.33. The molecule has 5 heteroatoms. The van der Waals surface area contributed by atoms with Gasteiger partial charge in [0.25, 0.3) is 5.91 Å². The summed E-state index contributed by atoms with van der Waals surface area (Å²) in [7, 11) is 0. The molecule has 2 aromatic carbocycles. The minimum absolute atomic E-state index is 0.00872. The molecule has 1 amide bonds. The summed E-state index contributed by atoms with van der Waals surface area (Å²) < 4.78 is 6.12. The maximum atomic E-state index is 12.4. The van der Waals surface area contributed by atoms with Crippen molar-refractivity contribution in [3.63, 3.8) is 0 Å². The number of carbonyl (C=O) groups is 2. The molecular weight excluding hydrogens is 426 g/mol. The predicted molar refractivity (Wildman–Crippen MR) is 131 cm³/mol. The zero-order valence-corrected chi connectivity index (χ0v) is 19.8. The van der Waals surface area contributed by atoms with Gasteiger partial charge in [0.05, 0.1) is 13.0 Å². The van der Waals surface area contributed by atoms with E-state index >= 15 is 0 Å². The molecule has 0 heterocycles. The Bertz CT molecular complexity index is 1010. The van der Waals surface area contributed by atoms with E-state index in [0.717, 1.165) is 24.7 Å². The van der Waals surface area contributed by atoms with Gasteiger partial charge in [-0.15, -0.1) is 0 Å². The minimum atomic E-state index is -0.913. The lowest BCUT2D eigenvalue weighted by molar-refractivity contribution is -0.136. The van der Waals surface area contributed by atoms with Crippen LogP contribution in [0.15, 0.2) is 48.5 Å². The van der Waals surface area contributed by atoms with E-state index in [1.165, 1.54) is 56.1 Å². The van der Waals surface area contributed by atoms with Gasteiger partial charge in [-0.2, -0.15) is 0 Å². The molecule has 0 radical (unpaired) electrons. The van der Waals surface area contributed by atoms with Gasteiger partial charge >= 0.3 is 5.97 Å². The van der Waals surface area contributed by atoms with Gasteiger partial charge in [0.15, 0.2) is 0 Å². The Hall–Kier alpha value is -2.82. The van der Waals surface area contributed by atoms with E-state index in [9.17, 15) is 9.59 Å². The number of benzene rings is 2. The maximum Gasteiger partial charge on any atom is 0.305 e. The SMILES string of the molecule is O=C(O)CCNC(=O)c1ccc(C2(c3ccc(OCC4CCCC4)cc3)CC3CCC2C3)cc1. The number of aliphatic carboxylic acids is 1. The molecule has 3 aliphatic carbocycles. The molecule has 3 unspecified atom stereocenters. The molecule has 0 aliphatic heterocycles. The normalized spacial score (nSPS) is 26.0. The maximum absolute atomic E-state index is 12.4. The van der Waals surface area contributed by atoms with Crippen LogP contribution in [0.3, 0.4) is 0 Å². The van der Waals surface area contributed by atoms with Crippen molar-refractivity contribution < 1.29 is 19.4 Å². The summed E-state index contributed by atoms with van der Waals surface area (Å²) in [4.78, 5) is 23.1. The van der Waals surface area contributed by atoms with Gasteiger partial charge in [-0.3, -0.25) is 9.59 Å². The summed E-state index contributed by atoms with van der Waals surface area (Å²) in [5.41, 5.74) is 3.20. The number of carboxylic acids is 1. The van der Waals surface area contributed by atoms with E-state index in [0.29, 0.717) is 17.4 Å². The number of carbonyl (C=O) groups excluding carboxylic acids is 1. The standard InChI is InChI=1S/C29H35NO4/c31-27(32)15-16-30-28(33)22-6-9-23(10-7-22)29(18-21-5-8-25(29)17-21)24-11-13-26(14-12-24)34-19-20-3-1-2-4-20/h6-7,9-14,20-21,25H,1-5,8,15-19H2,(H,30,33)(H,31,32). The molecule has 3 fully saturated rings. The second kappa shape index (κ2) is 9.81. The molecule has 34 heavy (non-hydrogen) atoms. The Morgan fingerprint density at radius 1 is 0.941 bits per heavy atom. The van der Waals surface area contributed by atoms with Gasteiger partial charge in [-0.05, 0) is 85.3 Å². The first-order valence-corrected chi connectivity index (χ1v) is 12.9. The van der Waals surface area contributed by atoms with Crippen molar-refractivity contribution in [2.24, 2.45) is 17.8 Å². The Morgan fingerprint density at radius 3 is 2.21 bits per heavy atom. The fourth-order valence-electron chi connectivity index (χ4n) is 6.75. The number of rotatable bonds is 9. The largest absolute Gasteiger partial charge is 0.493 e. The molecular formula is C29H35NO4. The number of hydrogen-bond acceptors (Lipinski definition) is 3. The lowest BCUT2D eigenvalue weighted by atomic mass is 9.64. The average Bonchev–Trinajstić information content (AvgIpc) is 3.61. The molecule has 5 rings (SSSR count). The summed E-state index contributed by atoms with van der Waals surface area (Å²) in [6.07, 6.45) is 10.2. The van der Waals surface area contributed by atoms with Crippen molar-refractivity contribution in [3.8, 4) is 5.75 Å². The zero-order valence-electron chi connectivity index (χ0n) is 19.8. The second-order valence-electron chi connectivity index (χ2n) is 10.5. The van der Waals surface area contributed by atoms with Crippen LogP contribution in [0.1, 0.15) is 79.3 Å². The number of fused-ring (bicyclic) bond motifs is 2. The molecule has 2 bridgehead atoms. The van der Waals surface area contributed by atoms with Gasteiger partial charge in [0, 0.05) is 17.5 Å². The van der Waals surface area contributed by atoms with Crippen molar-refractivity contribution in [1.82, 2.24) is 5.32 Å². The summed E-state index contributed by atoms with van der Waals surface area (Å²) in [6, 6.07) is 16.8. The van der Waals surface area contributed by atoms with Crippen LogP contribution in [-0.4, -0.2) is 30.1 Å². The van der Waals surface area contributed by atoms with Gasteiger partial charge in [0.1, 0.15) is 5.75 Å². The molecule has 2 aromatic rings. The lowest BCUT2D eigenvalue weighted by Gasteiger charge is -2.39. The first-order valence-electron chi connectivity index (χ1n) is 12.9. The third-order valence-corrected chi connectivity index (χ3v) is 8.47. The predicted octanol–water partition coefficient (Wildman–Crippen LogP) is 5.57. The molecule has 3 atom stereocenters. The Labute approximate surface area is 201 Å². The highest BCUT2D eigenvalue weighted by molar-refractivity contribution is 5.94. The van der Waals surface area contributed by atoms with E-state index in [1.54, 1.807) is 0 Å². The summed E-state index contributed by atoms with van der Waals surface area (Å²) in [6.45, 7) is 0.962. The first-order chi connectivity index (χ1) is 16.5. The molecule has 0 saturated heterocycles.